The van der Waals surface area contributed by atoms with Crippen LogP contribution < -0.4 is 5.56 Å². The maximum absolute atomic E-state index is 13.6. The van der Waals surface area contributed by atoms with Gasteiger partial charge in [-0.1, -0.05) is 36.4 Å². The minimum absolute atomic E-state index is 0.0785. The summed E-state index contributed by atoms with van der Waals surface area (Å²) in [4.78, 5) is 27.0. The molecule has 2 atom stereocenters. The van der Waals surface area contributed by atoms with Crippen LogP contribution in [0.3, 0.4) is 0 Å². The molecule has 1 fully saturated rings. The van der Waals surface area contributed by atoms with Gasteiger partial charge in [-0.15, -0.1) is 0 Å². The van der Waals surface area contributed by atoms with Crippen LogP contribution in [0.15, 0.2) is 71.7 Å². The number of halogens is 1. The van der Waals surface area contributed by atoms with Crippen molar-refractivity contribution in [1.82, 2.24) is 9.47 Å². The number of benzene rings is 2. The lowest BCUT2D eigenvalue weighted by Gasteiger charge is -2.45. The van der Waals surface area contributed by atoms with Crippen LogP contribution in [-0.4, -0.2) is 22.1 Å². The zero-order chi connectivity index (χ0) is 26.1. The van der Waals surface area contributed by atoms with Crippen molar-refractivity contribution in [2.24, 2.45) is 12.5 Å². The number of aromatic nitrogens is 1. The maximum atomic E-state index is 13.6. The Bertz CT molecular complexity index is 1360. The van der Waals surface area contributed by atoms with Crippen LogP contribution in [0.5, 0.6) is 0 Å². The van der Waals surface area contributed by atoms with Crippen molar-refractivity contribution in [2.45, 2.75) is 45.3 Å². The predicted molar refractivity (Wildman–Crippen MR) is 135 cm³/mol. The van der Waals surface area contributed by atoms with Crippen molar-refractivity contribution < 1.29 is 13.9 Å². The molecule has 1 saturated heterocycles. The highest BCUT2D eigenvalue weighted by Crippen LogP contribution is 2.44. The smallest absolute Gasteiger partial charge is 0.411 e. The van der Waals surface area contributed by atoms with Gasteiger partial charge in [0.25, 0.3) is 5.56 Å². The van der Waals surface area contributed by atoms with Crippen molar-refractivity contribution in [3.05, 3.63) is 94.2 Å². The van der Waals surface area contributed by atoms with Gasteiger partial charge < -0.3 is 14.2 Å². The van der Waals surface area contributed by atoms with Gasteiger partial charge in [0.05, 0.1) is 17.5 Å². The number of hydrogen-bond acceptors (Lipinski definition) is 4. The molecule has 6 nitrogen and oxygen atoms in total. The Labute approximate surface area is 210 Å². The van der Waals surface area contributed by atoms with E-state index in [2.05, 4.69) is 6.07 Å². The molecule has 1 aromatic heterocycles. The van der Waals surface area contributed by atoms with E-state index in [4.69, 9.17) is 4.74 Å². The second-order valence-electron chi connectivity index (χ2n) is 10.1. The summed E-state index contributed by atoms with van der Waals surface area (Å²) in [6.45, 7) is 5.99. The molecule has 0 spiro atoms. The number of carbonyl (C=O) groups is 1. The van der Waals surface area contributed by atoms with E-state index in [1.54, 1.807) is 36.3 Å². The summed E-state index contributed by atoms with van der Waals surface area (Å²) < 4.78 is 21.2. The highest BCUT2D eigenvalue weighted by Gasteiger charge is 2.46. The molecule has 186 valence electrons. The van der Waals surface area contributed by atoms with Gasteiger partial charge in [-0.05, 0) is 61.2 Å². The Kier molecular flexibility index (Phi) is 6.73. The SMILES string of the molecule is C[C@@H](c1ccc(-c2ccn(C)c(=O)c2)cc1)N1CC[C@@](CC(C)(C)C#N)(c2ccc(F)cc2)OC1=O. The highest BCUT2D eigenvalue weighted by atomic mass is 19.1. The van der Waals surface area contributed by atoms with Gasteiger partial charge in [0.1, 0.15) is 11.4 Å². The van der Waals surface area contributed by atoms with E-state index >= 15 is 0 Å². The second kappa shape index (κ2) is 9.62. The Hall–Kier alpha value is -3.92. The highest BCUT2D eigenvalue weighted by molar-refractivity contribution is 5.70. The molecular formula is C29H30FN3O3. The van der Waals surface area contributed by atoms with E-state index < -0.39 is 17.1 Å². The molecule has 7 heteroatoms. The Balaban J connectivity index is 1.56. The number of nitrogens with zero attached hydrogens (tertiary/aromatic N) is 3. The first-order valence-corrected chi connectivity index (χ1v) is 12.0. The largest absolute Gasteiger partial charge is 0.438 e. The van der Waals surface area contributed by atoms with Crippen LogP contribution in [-0.2, 0) is 17.4 Å². The number of pyridine rings is 1. The van der Waals surface area contributed by atoms with E-state index in [9.17, 15) is 19.2 Å². The first-order chi connectivity index (χ1) is 17.0. The van der Waals surface area contributed by atoms with Gasteiger partial charge in [0.15, 0.2) is 0 Å². The third kappa shape index (κ3) is 5.03. The van der Waals surface area contributed by atoms with E-state index in [1.807, 2.05) is 51.1 Å². The van der Waals surface area contributed by atoms with E-state index in [0.29, 0.717) is 24.9 Å². The number of aryl methyl sites for hydroxylation is 1. The van der Waals surface area contributed by atoms with Crippen molar-refractivity contribution >= 4 is 6.09 Å². The average molecular weight is 488 g/mol. The first-order valence-electron chi connectivity index (χ1n) is 12.0. The average Bonchev–Trinajstić information content (AvgIpc) is 2.85. The fraction of sp³-hybridized carbons (Fsp3) is 0.345. The zero-order valence-electron chi connectivity index (χ0n) is 21.0. The van der Waals surface area contributed by atoms with Crippen molar-refractivity contribution in [2.75, 3.05) is 6.54 Å². The number of cyclic esters (lactones) is 1. The van der Waals surface area contributed by atoms with Gasteiger partial charge >= 0.3 is 6.09 Å². The topological polar surface area (TPSA) is 75.3 Å². The van der Waals surface area contributed by atoms with Crippen LogP contribution in [0.2, 0.25) is 0 Å². The van der Waals surface area contributed by atoms with Crippen molar-refractivity contribution in [1.29, 1.82) is 5.26 Å². The van der Waals surface area contributed by atoms with Gasteiger partial charge in [-0.3, -0.25) is 4.79 Å². The maximum Gasteiger partial charge on any atom is 0.411 e. The zero-order valence-corrected chi connectivity index (χ0v) is 21.0. The minimum Gasteiger partial charge on any atom is -0.438 e. The summed E-state index contributed by atoms with van der Waals surface area (Å²) in [5.41, 5.74) is 1.54. The Morgan fingerprint density at radius 3 is 2.33 bits per heavy atom. The number of ether oxygens (including phenoxy) is 1. The number of nitriles is 1. The lowest BCUT2D eigenvalue weighted by atomic mass is 9.75. The predicted octanol–water partition coefficient (Wildman–Crippen LogP) is 5.93. The van der Waals surface area contributed by atoms with Crippen LogP contribution in [0.25, 0.3) is 11.1 Å². The van der Waals surface area contributed by atoms with Crippen LogP contribution in [0.4, 0.5) is 9.18 Å². The number of hydrogen-bond donors (Lipinski definition) is 0. The third-order valence-corrected chi connectivity index (χ3v) is 6.97. The summed E-state index contributed by atoms with van der Waals surface area (Å²) in [6.07, 6.45) is 2.05. The molecule has 0 bridgehead atoms. The molecule has 0 unspecified atom stereocenters. The molecule has 4 rings (SSSR count). The molecule has 1 amide bonds. The summed E-state index contributed by atoms with van der Waals surface area (Å²) >= 11 is 0. The van der Waals surface area contributed by atoms with Crippen LogP contribution in [0, 0.1) is 22.6 Å². The summed E-state index contributed by atoms with van der Waals surface area (Å²) in [5, 5.41) is 9.64. The second-order valence-corrected chi connectivity index (χ2v) is 10.1. The summed E-state index contributed by atoms with van der Waals surface area (Å²) in [6, 6.07) is 19.3. The van der Waals surface area contributed by atoms with Crippen molar-refractivity contribution in [3.8, 4) is 17.2 Å². The molecule has 1 aliphatic heterocycles. The van der Waals surface area contributed by atoms with Crippen LogP contribution >= 0.6 is 0 Å². The standard InChI is InChI=1S/C29H30FN3O3/c1-20(21-5-7-22(8-6-21)23-13-15-32(4)26(34)17-23)33-16-14-29(36-27(33)35,18-28(2,3)19-31)24-9-11-25(30)12-10-24/h5-13,15,17,20H,14,16,18H2,1-4H3/t20-,29+/m0/s1. The fourth-order valence-electron chi connectivity index (χ4n) is 4.82. The van der Waals surface area contributed by atoms with Gasteiger partial charge in [-0.25, -0.2) is 9.18 Å². The molecule has 2 heterocycles. The molecular weight excluding hydrogens is 457 g/mol. The van der Waals surface area contributed by atoms with Crippen LogP contribution in [0.1, 0.15) is 50.8 Å². The first kappa shape index (κ1) is 25.2. The Morgan fingerprint density at radius 1 is 1.08 bits per heavy atom. The quantitative estimate of drug-likeness (QED) is 0.432. The molecule has 0 aliphatic carbocycles. The van der Waals surface area contributed by atoms with Crippen molar-refractivity contribution in [3.63, 3.8) is 0 Å². The number of carbonyl (C=O) groups excluding carboxylic acids is 1. The molecule has 36 heavy (non-hydrogen) atoms. The van der Waals surface area contributed by atoms with Gasteiger partial charge in [0.2, 0.25) is 0 Å². The monoisotopic (exact) mass is 487 g/mol. The lowest BCUT2D eigenvalue weighted by Crippen LogP contribution is -2.50. The van der Waals surface area contributed by atoms with Gasteiger partial charge in [-0.2, -0.15) is 5.26 Å². The normalized spacial score (nSPS) is 18.9. The molecule has 0 N–H and O–H groups in total. The van der Waals surface area contributed by atoms with E-state index in [1.165, 1.54) is 16.7 Å². The fourth-order valence-corrected chi connectivity index (χ4v) is 4.82. The van der Waals surface area contributed by atoms with E-state index in [0.717, 1.165) is 16.7 Å². The van der Waals surface area contributed by atoms with Gasteiger partial charge in [0, 0.05) is 38.7 Å². The number of rotatable bonds is 6. The molecule has 0 saturated carbocycles. The summed E-state index contributed by atoms with van der Waals surface area (Å²) in [7, 11) is 1.71. The van der Waals surface area contributed by atoms with E-state index in [-0.39, 0.29) is 17.4 Å². The molecule has 3 aromatic rings. The molecule has 1 aliphatic rings. The minimum atomic E-state index is -1.01. The molecule has 2 aromatic carbocycles. The Morgan fingerprint density at radius 2 is 1.75 bits per heavy atom. The lowest BCUT2D eigenvalue weighted by molar-refractivity contribution is -0.0770. The third-order valence-electron chi connectivity index (χ3n) is 6.97. The number of amides is 1. The molecule has 0 radical (unpaired) electrons. The summed E-state index contributed by atoms with van der Waals surface area (Å²) in [5.74, 6) is -0.370.